The second-order valence-corrected chi connectivity index (χ2v) is 9.52. The zero-order valence-corrected chi connectivity index (χ0v) is 13.6. The van der Waals surface area contributed by atoms with Crippen LogP contribution >= 0.6 is 23.5 Å². The largest absolute Gasteiger partial charge is 0.147 e. The summed E-state index contributed by atoms with van der Waals surface area (Å²) < 4.78 is 0.849. The third-order valence-electron chi connectivity index (χ3n) is 4.54. The maximum Gasteiger partial charge on any atom is 0.0530 e. The number of thioether (sulfide) groups is 2. The van der Waals surface area contributed by atoms with Gasteiger partial charge in [-0.2, -0.15) is 0 Å². The lowest BCUT2D eigenvalue weighted by Gasteiger charge is -2.40. The van der Waals surface area contributed by atoms with Crippen molar-refractivity contribution in [2.24, 2.45) is 23.2 Å². The van der Waals surface area contributed by atoms with E-state index in [0.717, 1.165) is 16.4 Å². The molecule has 1 saturated heterocycles. The summed E-state index contributed by atoms with van der Waals surface area (Å²) in [5, 5.41) is 0. The molecule has 0 amide bonds. The normalized spacial score (nSPS) is 38.1. The van der Waals surface area contributed by atoms with Crippen LogP contribution in [-0.4, -0.2) is 16.1 Å². The van der Waals surface area contributed by atoms with Crippen LogP contribution in [0.25, 0.3) is 0 Å². The van der Waals surface area contributed by atoms with Crippen molar-refractivity contribution < 1.29 is 0 Å². The van der Waals surface area contributed by atoms with E-state index in [-0.39, 0.29) is 0 Å². The number of hydrogen-bond acceptors (Lipinski definition) is 2. The number of hydrogen-bond donors (Lipinski definition) is 0. The summed E-state index contributed by atoms with van der Waals surface area (Å²) in [6, 6.07) is 0. The Kier molecular flexibility index (Phi) is 5.00. The van der Waals surface area contributed by atoms with Gasteiger partial charge in [0.25, 0.3) is 0 Å². The first-order valence-electron chi connectivity index (χ1n) is 7.20. The van der Waals surface area contributed by atoms with Gasteiger partial charge in [0.1, 0.15) is 0 Å². The molecule has 1 aliphatic heterocycles. The van der Waals surface area contributed by atoms with Crippen molar-refractivity contribution in [2.45, 2.75) is 51.0 Å². The van der Waals surface area contributed by atoms with Gasteiger partial charge in [0.2, 0.25) is 0 Å². The minimum absolute atomic E-state index is 0.478. The molecule has 0 nitrogen and oxygen atoms in total. The molecule has 0 spiro atoms. The molecule has 2 rings (SSSR count). The van der Waals surface area contributed by atoms with Crippen LogP contribution in [0.3, 0.4) is 0 Å². The van der Waals surface area contributed by atoms with E-state index in [1.165, 1.54) is 37.2 Å². The summed E-state index contributed by atoms with van der Waals surface area (Å²) in [6.45, 7) is 7.16. The number of rotatable bonds is 1. The molecule has 0 atom stereocenters. The first kappa shape index (κ1) is 14.7. The van der Waals surface area contributed by atoms with Crippen LogP contribution in [-0.2, 0) is 0 Å². The molecule has 1 saturated carbocycles. The minimum atomic E-state index is 0.478. The molecule has 18 heavy (non-hydrogen) atoms. The molecule has 1 heterocycles. The van der Waals surface area contributed by atoms with Gasteiger partial charge in [0, 0.05) is 5.92 Å². The fraction of sp³-hybridized carbons (Fsp3) is 0.875. The molecule has 2 aliphatic rings. The summed E-state index contributed by atoms with van der Waals surface area (Å²) >= 11 is 4.45. The molecule has 0 unspecified atom stereocenters. The van der Waals surface area contributed by atoms with Crippen molar-refractivity contribution in [3.8, 4) is 12.3 Å². The molecule has 0 aromatic carbocycles. The van der Waals surface area contributed by atoms with Gasteiger partial charge in [-0.1, -0.05) is 20.8 Å². The van der Waals surface area contributed by atoms with Crippen molar-refractivity contribution >= 4 is 23.5 Å². The average molecular weight is 283 g/mol. The quantitative estimate of drug-likeness (QED) is 0.628. The lowest BCUT2D eigenvalue weighted by atomic mass is 9.83. The predicted molar refractivity (Wildman–Crippen MR) is 85.9 cm³/mol. The van der Waals surface area contributed by atoms with E-state index in [1.807, 2.05) is 0 Å². The van der Waals surface area contributed by atoms with E-state index in [0.29, 0.717) is 11.3 Å². The molecule has 0 N–H and O–H groups in total. The highest BCUT2D eigenvalue weighted by Gasteiger charge is 2.35. The van der Waals surface area contributed by atoms with Crippen LogP contribution in [0.15, 0.2) is 0 Å². The smallest absolute Gasteiger partial charge is 0.0530 e. The van der Waals surface area contributed by atoms with Crippen LogP contribution in [0.2, 0.25) is 0 Å². The Morgan fingerprint density at radius 2 is 1.56 bits per heavy atom. The van der Waals surface area contributed by atoms with Crippen molar-refractivity contribution in [1.82, 2.24) is 0 Å². The van der Waals surface area contributed by atoms with Gasteiger partial charge >= 0.3 is 0 Å². The summed E-state index contributed by atoms with van der Waals surface area (Å²) in [5.41, 5.74) is 0.478. The van der Waals surface area contributed by atoms with Gasteiger partial charge in [0.05, 0.1) is 4.58 Å². The zero-order chi connectivity index (χ0) is 13.2. The van der Waals surface area contributed by atoms with Crippen LogP contribution in [0.5, 0.6) is 0 Å². The molecule has 2 heteroatoms. The standard InChI is InChI=1S/C16H26S2/c1-5-12-6-8-13(9-7-12)15-17-10-14(11-18-15)16(2,3)4/h1,12-15H,6-11H2,2-4H3/t12-,13-,14-,15-. The SMILES string of the molecule is C#C[C@H]1CC[C@H]([C@H]2SC[C@H](C(C)(C)C)CS2)CC1. The lowest BCUT2D eigenvalue weighted by Crippen LogP contribution is -2.32. The molecular weight excluding hydrogens is 256 g/mol. The second-order valence-electron chi connectivity index (χ2n) is 6.88. The highest BCUT2D eigenvalue weighted by molar-refractivity contribution is 8.17. The Hall–Kier alpha value is 0.260. The van der Waals surface area contributed by atoms with E-state index >= 15 is 0 Å². The monoisotopic (exact) mass is 282 g/mol. The minimum Gasteiger partial charge on any atom is -0.147 e. The highest BCUT2D eigenvalue weighted by Crippen LogP contribution is 2.47. The van der Waals surface area contributed by atoms with Crippen LogP contribution in [0.1, 0.15) is 46.5 Å². The van der Waals surface area contributed by atoms with Crippen LogP contribution in [0, 0.1) is 35.5 Å². The first-order valence-corrected chi connectivity index (χ1v) is 9.30. The second kappa shape index (κ2) is 6.14. The summed E-state index contributed by atoms with van der Waals surface area (Å²) in [5.74, 6) is 8.03. The fourth-order valence-corrected chi connectivity index (χ4v) is 7.02. The van der Waals surface area contributed by atoms with E-state index in [9.17, 15) is 0 Å². The molecular formula is C16H26S2. The van der Waals surface area contributed by atoms with E-state index in [1.54, 1.807) is 0 Å². The van der Waals surface area contributed by atoms with E-state index in [4.69, 9.17) is 6.42 Å². The van der Waals surface area contributed by atoms with Crippen molar-refractivity contribution in [2.75, 3.05) is 11.5 Å². The highest BCUT2D eigenvalue weighted by atomic mass is 32.2. The molecule has 2 fully saturated rings. The van der Waals surface area contributed by atoms with Gasteiger partial charge in [-0.3, -0.25) is 0 Å². The van der Waals surface area contributed by atoms with Gasteiger partial charge < -0.3 is 0 Å². The Balaban J connectivity index is 1.79. The van der Waals surface area contributed by atoms with E-state index < -0.39 is 0 Å². The Labute approximate surface area is 121 Å². The molecule has 0 aromatic heterocycles. The average Bonchev–Trinajstić information content (AvgIpc) is 2.38. The van der Waals surface area contributed by atoms with Gasteiger partial charge in [-0.15, -0.1) is 35.9 Å². The van der Waals surface area contributed by atoms with Crippen molar-refractivity contribution in [3.63, 3.8) is 0 Å². The van der Waals surface area contributed by atoms with E-state index in [2.05, 4.69) is 50.2 Å². The Morgan fingerprint density at radius 1 is 1.00 bits per heavy atom. The van der Waals surface area contributed by atoms with Gasteiger partial charge in [-0.25, -0.2) is 0 Å². The molecule has 102 valence electrons. The Morgan fingerprint density at radius 3 is 2.00 bits per heavy atom. The van der Waals surface area contributed by atoms with Gasteiger partial charge in [0.15, 0.2) is 0 Å². The zero-order valence-electron chi connectivity index (χ0n) is 11.9. The maximum absolute atomic E-state index is 5.53. The summed E-state index contributed by atoms with van der Waals surface area (Å²) in [6.07, 6.45) is 10.8. The van der Waals surface area contributed by atoms with Crippen molar-refractivity contribution in [1.29, 1.82) is 0 Å². The molecule has 0 bridgehead atoms. The number of terminal acetylenes is 1. The fourth-order valence-electron chi connectivity index (χ4n) is 2.85. The third-order valence-corrected chi connectivity index (χ3v) is 7.97. The van der Waals surface area contributed by atoms with Gasteiger partial charge in [-0.05, 0) is 54.4 Å². The topological polar surface area (TPSA) is 0 Å². The molecule has 1 aliphatic carbocycles. The molecule has 0 radical (unpaired) electrons. The summed E-state index contributed by atoms with van der Waals surface area (Å²) in [4.78, 5) is 0. The lowest BCUT2D eigenvalue weighted by molar-refractivity contribution is 0.289. The van der Waals surface area contributed by atoms with Crippen molar-refractivity contribution in [3.05, 3.63) is 0 Å². The summed E-state index contributed by atoms with van der Waals surface area (Å²) in [7, 11) is 0. The van der Waals surface area contributed by atoms with Crippen LogP contribution < -0.4 is 0 Å². The maximum atomic E-state index is 5.53. The molecule has 0 aromatic rings. The Bertz CT molecular complexity index is 294. The third kappa shape index (κ3) is 3.64. The predicted octanol–water partition coefficient (Wildman–Crippen LogP) is 4.89. The first-order chi connectivity index (χ1) is 8.50. The van der Waals surface area contributed by atoms with Crippen LogP contribution in [0.4, 0.5) is 0 Å².